The van der Waals surface area contributed by atoms with Gasteiger partial charge in [0.15, 0.2) is 0 Å². The first-order valence-electron chi connectivity index (χ1n) is 4.38. The van der Waals surface area contributed by atoms with E-state index in [0.29, 0.717) is 11.4 Å². The monoisotopic (exact) mass is 207 g/mol. The van der Waals surface area contributed by atoms with Crippen molar-refractivity contribution in [2.75, 3.05) is 12.4 Å². The molecule has 80 valence electrons. The minimum absolute atomic E-state index is 0.1000. The maximum absolute atomic E-state index is 11.2. The summed E-state index contributed by atoms with van der Waals surface area (Å²) in [5, 5.41) is 9.57. The van der Waals surface area contributed by atoms with Crippen molar-refractivity contribution in [1.82, 2.24) is 0 Å². The number of hydrogen-bond acceptors (Lipinski definition) is 3. The topological polar surface area (TPSA) is 88.2 Å². The molecule has 0 aliphatic heterocycles. The summed E-state index contributed by atoms with van der Waals surface area (Å²) in [6.07, 6.45) is -0.1000. The van der Waals surface area contributed by atoms with Crippen LogP contribution < -0.4 is 15.8 Å². The van der Waals surface area contributed by atoms with Gasteiger partial charge in [0.1, 0.15) is 11.6 Å². The van der Waals surface area contributed by atoms with E-state index in [9.17, 15) is 4.79 Å². The molecule has 0 bridgehead atoms. The van der Waals surface area contributed by atoms with Crippen LogP contribution in [-0.2, 0) is 4.79 Å². The third-order valence-electron chi connectivity index (χ3n) is 1.70. The van der Waals surface area contributed by atoms with Crippen LogP contribution >= 0.6 is 0 Å². The Morgan fingerprint density at radius 2 is 2.33 bits per heavy atom. The molecule has 1 rings (SSSR count). The first-order valence-corrected chi connectivity index (χ1v) is 4.38. The fourth-order valence-corrected chi connectivity index (χ4v) is 1.08. The third kappa shape index (κ3) is 3.68. The van der Waals surface area contributed by atoms with Gasteiger partial charge in [-0.15, -0.1) is 0 Å². The molecule has 0 aromatic heterocycles. The summed E-state index contributed by atoms with van der Waals surface area (Å²) >= 11 is 0. The maximum Gasteiger partial charge on any atom is 0.231 e. The van der Waals surface area contributed by atoms with E-state index >= 15 is 0 Å². The Morgan fingerprint density at radius 1 is 1.60 bits per heavy atom. The molecule has 5 nitrogen and oxygen atoms in total. The van der Waals surface area contributed by atoms with Crippen LogP contribution in [0.2, 0.25) is 0 Å². The second-order valence-electron chi connectivity index (χ2n) is 2.98. The lowest BCUT2D eigenvalue weighted by Crippen LogP contribution is -2.20. The van der Waals surface area contributed by atoms with Crippen molar-refractivity contribution in [2.24, 2.45) is 5.73 Å². The molecule has 0 spiro atoms. The van der Waals surface area contributed by atoms with Crippen molar-refractivity contribution < 1.29 is 9.53 Å². The number of ether oxygens (including phenoxy) is 1. The van der Waals surface area contributed by atoms with Gasteiger partial charge >= 0.3 is 0 Å². The number of nitrogens with one attached hydrogen (secondary N) is 2. The maximum atomic E-state index is 11.2. The SMILES string of the molecule is COc1cccc(NC(=O)CC(=N)N)c1. The first kappa shape index (κ1) is 11.0. The highest BCUT2D eigenvalue weighted by Crippen LogP contribution is 2.16. The number of carbonyl (C=O) groups is 1. The summed E-state index contributed by atoms with van der Waals surface area (Å²) in [6, 6.07) is 6.97. The van der Waals surface area contributed by atoms with Crippen molar-refractivity contribution in [2.45, 2.75) is 6.42 Å². The molecular formula is C10H13N3O2. The molecule has 1 aromatic carbocycles. The standard InChI is InChI=1S/C10H13N3O2/c1-15-8-4-2-3-7(5-8)13-10(14)6-9(11)12/h2-5H,6H2,1H3,(H3,11,12)(H,13,14). The molecule has 0 unspecified atom stereocenters. The van der Waals surface area contributed by atoms with Crippen LogP contribution in [0, 0.1) is 5.41 Å². The lowest BCUT2D eigenvalue weighted by atomic mass is 10.3. The molecule has 0 aliphatic rings. The zero-order valence-electron chi connectivity index (χ0n) is 8.41. The Labute approximate surface area is 87.7 Å². The van der Waals surface area contributed by atoms with Gasteiger partial charge in [-0.2, -0.15) is 0 Å². The van der Waals surface area contributed by atoms with Gasteiger partial charge in [-0.1, -0.05) is 6.07 Å². The van der Waals surface area contributed by atoms with Gasteiger partial charge in [0.25, 0.3) is 0 Å². The normalized spacial score (nSPS) is 9.40. The van der Waals surface area contributed by atoms with Crippen molar-refractivity contribution in [3.05, 3.63) is 24.3 Å². The summed E-state index contributed by atoms with van der Waals surface area (Å²) in [6.45, 7) is 0. The molecule has 0 heterocycles. The van der Waals surface area contributed by atoms with E-state index in [1.165, 1.54) is 0 Å². The predicted octanol–water partition coefficient (Wildman–Crippen LogP) is 0.960. The third-order valence-corrected chi connectivity index (χ3v) is 1.70. The Hall–Kier alpha value is -2.04. The van der Waals surface area contributed by atoms with E-state index in [-0.39, 0.29) is 18.2 Å². The van der Waals surface area contributed by atoms with Crippen LogP contribution in [0.3, 0.4) is 0 Å². The van der Waals surface area contributed by atoms with E-state index in [2.05, 4.69) is 5.32 Å². The first-order chi connectivity index (χ1) is 7.11. The number of anilines is 1. The summed E-state index contributed by atoms with van der Waals surface area (Å²) < 4.78 is 5.00. The molecule has 0 saturated carbocycles. The fraction of sp³-hybridized carbons (Fsp3) is 0.200. The van der Waals surface area contributed by atoms with E-state index < -0.39 is 0 Å². The number of nitrogens with two attached hydrogens (primary N) is 1. The average molecular weight is 207 g/mol. The number of amides is 1. The molecule has 15 heavy (non-hydrogen) atoms. The number of carbonyl (C=O) groups excluding carboxylic acids is 1. The van der Waals surface area contributed by atoms with Gasteiger partial charge in [-0.05, 0) is 12.1 Å². The number of hydrogen-bond donors (Lipinski definition) is 3. The minimum Gasteiger partial charge on any atom is -0.497 e. The summed E-state index contributed by atoms with van der Waals surface area (Å²) in [5.74, 6) is 0.196. The molecule has 0 radical (unpaired) electrons. The summed E-state index contributed by atoms with van der Waals surface area (Å²) in [5.41, 5.74) is 5.73. The molecule has 0 fully saturated rings. The zero-order valence-corrected chi connectivity index (χ0v) is 8.41. The summed E-state index contributed by atoms with van der Waals surface area (Å²) in [4.78, 5) is 11.2. The van der Waals surface area contributed by atoms with Gasteiger partial charge in [0.05, 0.1) is 13.5 Å². The number of methoxy groups -OCH3 is 1. The smallest absolute Gasteiger partial charge is 0.231 e. The molecule has 0 saturated heterocycles. The highest BCUT2D eigenvalue weighted by molar-refractivity contribution is 6.03. The van der Waals surface area contributed by atoms with Crippen LogP contribution in [0.25, 0.3) is 0 Å². The fourth-order valence-electron chi connectivity index (χ4n) is 1.08. The largest absolute Gasteiger partial charge is 0.497 e. The lowest BCUT2D eigenvalue weighted by Gasteiger charge is -2.06. The lowest BCUT2D eigenvalue weighted by molar-refractivity contribution is -0.115. The van der Waals surface area contributed by atoms with Gasteiger partial charge in [-0.25, -0.2) is 0 Å². The van der Waals surface area contributed by atoms with Crippen LogP contribution in [-0.4, -0.2) is 18.9 Å². The van der Waals surface area contributed by atoms with Crippen LogP contribution in [0.15, 0.2) is 24.3 Å². The second-order valence-corrected chi connectivity index (χ2v) is 2.98. The van der Waals surface area contributed by atoms with Gasteiger partial charge in [-0.3, -0.25) is 10.2 Å². The van der Waals surface area contributed by atoms with E-state index in [4.69, 9.17) is 15.9 Å². The van der Waals surface area contributed by atoms with Crippen molar-refractivity contribution in [3.8, 4) is 5.75 Å². The van der Waals surface area contributed by atoms with Gasteiger partial charge < -0.3 is 15.8 Å². The average Bonchev–Trinajstić information content (AvgIpc) is 2.16. The van der Waals surface area contributed by atoms with Crippen molar-refractivity contribution in [3.63, 3.8) is 0 Å². The molecule has 0 aliphatic carbocycles. The van der Waals surface area contributed by atoms with Crippen LogP contribution in [0.5, 0.6) is 5.75 Å². The Bertz CT molecular complexity index is 377. The molecule has 4 N–H and O–H groups in total. The number of amidine groups is 1. The second kappa shape index (κ2) is 4.99. The molecular weight excluding hydrogens is 194 g/mol. The predicted molar refractivity (Wildman–Crippen MR) is 58.2 cm³/mol. The van der Waals surface area contributed by atoms with E-state index in [1.807, 2.05) is 0 Å². The Kier molecular flexibility index (Phi) is 3.68. The minimum atomic E-state index is -0.309. The quantitative estimate of drug-likeness (QED) is 0.507. The molecule has 5 heteroatoms. The Morgan fingerprint density at radius 3 is 2.93 bits per heavy atom. The zero-order chi connectivity index (χ0) is 11.3. The Balaban J connectivity index is 2.63. The van der Waals surface area contributed by atoms with Gasteiger partial charge in [0.2, 0.25) is 5.91 Å². The molecule has 1 aromatic rings. The van der Waals surface area contributed by atoms with Crippen LogP contribution in [0.1, 0.15) is 6.42 Å². The van der Waals surface area contributed by atoms with Gasteiger partial charge in [0, 0.05) is 11.8 Å². The van der Waals surface area contributed by atoms with E-state index in [1.54, 1.807) is 31.4 Å². The van der Waals surface area contributed by atoms with Crippen molar-refractivity contribution in [1.29, 1.82) is 5.41 Å². The highest BCUT2D eigenvalue weighted by atomic mass is 16.5. The molecule has 0 atom stereocenters. The molecule has 1 amide bonds. The van der Waals surface area contributed by atoms with E-state index in [0.717, 1.165) is 0 Å². The summed E-state index contributed by atoms with van der Waals surface area (Å²) in [7, 11) is 1.55. The number of rotatable bonds is 4. The van der Waals surface area contributed by atoms with Crippen LogP contribution in [0.4, 0.5) is 5.69 Å². The number of benzene rings is 1. The highest BCUT2D eigenvalue weighted by Gasteiger charge is 2.04. The van der Waals surface area contributed by atoms with Crippen molar-refractivity contribution >= 4 is 17.4 Å².